The molecule has 0 amide bonds. The molecule has 4 nitrogen and oxygen atoms in total. The van der Waals surface area contributed by atoms with E-state index in [9.17, 15) is 0 Å². The summed E-state index contributed by atoms with van der Waals surface area (Å²) in [6.45, 7) is 0.513. The fraction of sp³-hybridized carbons (Fsp3) is 0.333. The molecule has 0 atom stereocenters. The third kappa shape index (κ3) is 2.55. The third-order valence-corrected chi connectivity index (χ3v) is 3.35. The average molecular weight is 247 g/mol. The maximum absolute atomic E-state index is 5.62. The molecule has 1 aromatic heterocycles. The largest absolute Gasteiger partial charge is 0.464 e. The van der Waals surface area contributed by atoms with E-state index >= 15 is 0 Å². The molecule has 0 aliphatic heterocycles. The molecule has 2 N–H and O–H groups in total. The van der Waals surface area contributed by atoms with Gasteiger partial charge in [-0.2, -0.15) is 9.36 Å². The van der Waals surface area contributed by atoms with Crippen LogP contribution in [0.4, 0.5) is 5.69 Å². The molecule has 88 valence electrons. The molecule has 0 saturated heterocycles. The summed E-state index contributed by atoms with van der Waals surface area (Å²) in [6.07, 6.45) is 2.43. The number of nitrogens with zero attached hydrogens (tertiary/aromatic N) is 2. The lowest BCUT2D eigenvalue weighted by Gasteiger charge is -2.02. The number of aromatic nitrogens is 2. The number of hydrogen-bond donors (Lipinski definition) is 1. The van der Waals surface area contributed by atoms with E-state index in [1.807, 2.05) is 24.3 Å². The number of ether oxygens (including phenoxy) is 1. The van der Waals surface area contributed by atoms with Gasteiger partial charge in [0, 0.05) is 23.1 Å². The molecule has 0 unspecified atom stereocenters. The van der Waals surface area contributed by atoms with Gasteiger partial charge in [0.15, 0.2) is 0 Å². The lowest BCUT2D eigenvalue weighted by molar-refractivity contribution is 0.304. The van der Waals surface area contributed by atoms with Crippen LogP contribution in [0.3, 0.4) is 0 Å². The average Bonchev–Trinajstić information content (AvgIpc) is 3.09. The van der Waals surface area contributed by atoms with E-state index < -0.39 is 0 Å². The Morgan fingerprint density at radius 3 is 2.76 bits per heavy atom. The summed E-state index contributed by atoms with van der Waals surface area (Å²) in [6, 6.07) is 7.65. The first kappa shape index (κ1) is 10.5. The quantitative estimate of drug-likeness (QED) is 0.843. The smallest absolute Gasteiger partial charge is 0.293 e. The standard InChI is InChI=1S/C12H13N3OS/c13-10-5-1-8(2-6-10)7-16-12-14-11(15-17-12)9-3-4-9/h1-2,5-6,9H,3-4,7,13H2. The van der Waals surface area contributed by atoms with Crippen LogP contribution in [0.2, 0.25) is 0 Å². The Hall–Kier alpha value is -1.62. The van der Waals surface area contributed by atoms with Gasteiger partial charge in [0.25, 0.3) is 5.19 Å². The molecule has 0 bridgehead atoms. The minimum Gasteiger partial charge on any atom is -0.464 e. The summed E-state index contributed by atoms with van der Waals surface area (Å²) in [4.78, 5) is 4.37. The highest BCUT2D eigenvalue weighted by Crippen LogP contribution is 2.39. The Bertz CT molecular complexity index is 505. The second-order valence-electron chi connectivity index (χ2n) is 4.22. The Morgan fingerprint density at radius 2 is 2.06 bits per heavy atom. The third-order valence-electron chi connectivity index (χ3n) is 2.71. The maximum atomic E-state index is 5.62. The van der Waals surface area contributed by atoms with E-state index in [0.29, 0.717) is 17.7 Å². The van der Waals surface area contributed by atoms with Crippen LogP contribution in [0.15, 0.2) is 24.3 Å². The first-order valence-corrected chi connectivity index (χ1v) is 6.39. The monoisotopic (exact) mass is 247 g/mol. The van der Waals surface area contributed by atoms with Gasteiger partial charge in [0.1, 0.15) is 12.4 Å². The lowest BCUT2D eigenvalue weighted by Crippen LogP contribution is -1.95. The highest BCUT2D eigenvalue weighted by Gasteiger charge is 2.28. The van der Waals surface area contributed by atoms with E-state index in [-0.39, 0.29) is 0 Å². The van der Waals surface area contributed by atoms with Gasteiger partial charge in [-0.05, 0) is 30.5 Å². The van der Waals surface area contributed by atoms with Crippen LogP contribution < -0.4 is 10.5 Å². The zero-order valence-corrected chi connectivity index (χ0v) is 10.1. The number of nitrogen functional groups attached to an aromatic ring is 1. The molecular formula is C12H13N3OS. The second-order valence-corrected chi connectivity index (χ2v) is 4.94. The summed E-state index contributed by atoms with van der Waals surface area (Å²) in [5, 5.41) is 0.656. The minimum atomic E-state index is 0.513. The van der Waals surface area contributed by atoms with E-state index in [0.717, 1.165) is 17.1 Å². The highest BCUT2D eigenvalue weighted by atomic mass is 32.1. The molecule has 17 heavy (non-hydrogen) atoms. The van der Waals surface area contributed by atoms with Crippen LogP contribution in [0.5, 0.6) is 5.19 Å². The number of rotatable bonds is 4. The highest BCUT2D eigenvalue weighted by molar-refractivity contribution is 7.07. The predicted molar refractivity (Wildman–Crippen MR) is 67.1 cm³/mol. The normalized spacial score (nSPS) is 14.8. The topological polar surface area (TPSA) is 61.0 Å². The number of nitrogens with two attached hydrogens (primary N) is 1. The Morgan fingerprint density at radius 1 is 1.29 bits per heavy atom. The second kappa shape index (κ2) is 4.33. The molecule has 0 spiro atoms. The summed E-state index contributed by atoms with van der Waals surface area (Å²) in [5.41, 5.74) is 7.47. The molecule has 5 heteroatoms. The summed E-state index contributed by atoms with van der Waals surface area (Å²) in [7, 11) is 0. The number of hydrogen-bond acceptors (Lipinski definition) is 5. The Labute approximate surface area is 104 Å². The van der Waals surface area contributed by atoms with Gasteiger partial charge in [-0.3, -0.25) is 0 Å². The molecule has 2 aromatic rings. The van der Waals surface area contributed by atoms with Crippen molar-refractivity contribution >= 4 is 17.2 Å². The number of benzene rings is 1. The van der Waals surface area contributed by atoms with E-state index in [1.165, 1.54) is 24.4 Å². The van der Waals surface area contributed by atoms with Gasteiger partial charge in [0.05, 0.1) is 0 Å². The van der Waals surface area contributed by atoms with Crippen molar-refractivity contribution in [3.8, 4) is 5.19 Å². The summed E-state index contributed by atoms with van der Waals surface area (Å²) in [5.74, 6) is 1.53. The molecule has 1 aromatic carbocycles. The van der Waals surface area contributed by atoms with Crippen LogP contribution in [-0.4, -0.2) is 9.36 Å². The molecule has 1 fully saturated rings. The van der Waals surface area contributed by atoms with Crippen LogP contribution in [0.25, 0.3) is 0 Å². The van der Waals surface area contributed by atoms with Crippen molar-refractivity contribution < 1.29 is 4.74 Å². The summed E-state index contributed by atoms with van der Waals surface area (Å²) >= 11 is 1.33. The molecule has 1 aliphatic carbocycles. The molecule has 1 aliphatic rings. The van der Waals surface area contributed by atoms with Gasteiger partial charge < -0.3 is 10.5 Å². The number of anilines is 1. The molecular weight excluding hydrogens is 234 g/mol. The molecule has 1 heterocycles. The van der Waals surface area contributed by atoms with E-state index in [4.69, 9.17) is 10.5 Å². The van der Waals surface area contributed by atoms with Crippen molar-refractivity contribution in [1.29, 1.82) is 0 Å². The molecule has 3 rings (SSSR count). The predicted octanol–water partition coefficient (Wildman–Crippen LogP) is 2.58. The van der Waals surface area contributed by atoms with Gasteiger partial charge in [-0.15, -0.1) is 0 Å². The van der Waals surface area contributed by atoms with Crippen LogP contribution in [-0.2, 0) is 6.61 Å². The zero-order chi connectivity index (χ0) is 11.7. The van der Waals surface area contributed by atoms with Crippen molar-refractivity contribution in [1.82, 2.24) is 9.36 Å². The van der Waals surface area contributed by atoms with Gasteiger partial charge in [-0.1, -0.05) is 12.1 Å². The fourth-order valence-corrected chi connectivity index (χ4v) is 2.15. The maximum Gasteiger partial charge on any atom is 0.293 e. The van der Waals surface area contributed by atoms with Crippen molar-refractivity contribution in [3.63, 3.8) is 0 Å². The van der Waals surface area contributed by atoms with Crippen LogP contribution >= 0.6 is 11.5 Å². The van der Waals surface area contributed by atoms with Gasteiger partial charge >= 0.3 is 0 Å². The van der Waals surface area contributed by atoms with Crippen molar-refractivity contribution in [2.45, 2.75) is 25.4 Å². The summed E-state index contributed by atoms with van der Waals surface area (Å²) < 4.78 is 9.88. The van der Waals surface area contributed by atoms with Gasteiger partial charge in [-0.25, -0.2) is 0 Å². The van der Waals surface area contributed by atoms with Crippen molar-refractivity contribution in [2.75, 3.05) is 5.73 Å². The zero-order valence-electron chi connectivity index (χ0n) is 9.30. The van der Waals surface area contributed by atoms with Crippen LogP contribution in [0.1, 0.15) is 30.1 Å². The van der Waals surface area contributed by atoms with Gasteiger partial charge in [0.2, 0.25) is 0 Å². The molecule has 0 radical (unpaired) electrons. The van der Waals surface area contributed by atoms with Crippen molar-refractivity contribution in [2.24, 2.45) is 0 Å². The minimum absolute atomic E-state index is 0.513. The van der Waals surface area contributed by atoms with Crippen molar-refractivity contribution in [3.05, 3.63) is 35.7 Å². The van der Waals surface area contributed by atoms with E-state index in [2.05, 4.69) is 9.36 Å². The Kier molecular flexibility index (Phi) is 2.68. The van der Waals surface area contributed by atoms with E-state index in [1.54, 1.807) is 0 Å². The molecule has 1 saturated carbocycles. The SMILES string of the molecule is Nc1ccc(COc2nc(C3CC3)ns2)cc1. The Balaban J connectivity index is 1.60. The first-order chi connectivity index (χ1) is 8.31. The fourth-order valence-electron chi connectivity index (χ4n) is 1.55. The first-order valence-electron chi connectivity index (χ1n) is 5.62. The lowest BCUT2D eigenvalue weighted by atomic mass is 10.2. The van der Waals surface area contributed by atoms with Crippen LogP contribution in [0, 0.1) is 0 Å².